The Balaban J connectivity index is 1.63. The SMILES string of the molecule is CC[NH+]1CCN(c2ccc(NC(=O)c3ccccc3C)cc2)CC1. The number of carbonyl (C=O) groups excluding carboxylic acids is 1. The van der Waals surface area contributed by atoms with Crippen molar-refractivity contribution in [1.29, 1.82) is 0 Å². The van der Waals surface area contributed by atoms with Gasteiger partial charge >= 0.3 is 0 Å². The molecule has 1 amide bonds. The molecule has 3 rings (SSSR count). The molecular weight excluding hydrogens is 298 g/mol. The van der Waals surface area contributed by atoms with Crippen molar-refractivity contribution in [3.8, 4) is 0 Å². The zero-order valence-electron chi connectivity index (χ0n) is 14.5. The second-order valence-electron chi connectivity index (χ2n) is 6.41. The molecule has 0 spiro atoms. The third-order valence-corrected chi connectivity index (χ3v) is 4.85. The molecule has 0 saturated carbocycles. The molecular formula is C20H26N3O+. The number of benzene rings is 2. The number of hydrogen-bond donors (Lipinski definition) is 2. The van der Waals surface area contributed by atoms with Gasteiger partial charge in [-0.1, -0.05) is 18.2 Å². The van der Waals surface area contributed by atoms with Crippen LogP contribution in [0.25, 0.3) is 0 Å². The predicted molar refractivity (Wildman–Crippen MR) is 99.0 cm³/mol. The highest BCUT2D eigenvalue weighted by Crippen LogP contribution is 2.19. The van der Waals surface area contributed by atoms with E-state index in [1.807, 2.05) is 43.3 Å². The number of carbonyl (C=O) groups is 1. The summed E-state index contributed by atoms with van der Waals surface area (Å²) < 4.78 is 0. The molecule has 2 aromatic carbocycles. The molecule has 1 saturated heterocycles. The first-order valence-electron chi connectivity index (χ1n) is 8.73. The number of nitrogens with one attached hydrogen (secondary N) is 2. The van der Waals surface area contributed by atoms with Gasteiger partial charge in [0.1, 0.15) is 0 Å². The lowest BCUT2D eigenvalue weighted by Crippen LogP contribution is -3.14. The first kappa shape index (κ1) is 16.5. The van der Waals surface area contributed by atoms with Crippen LogP contribution in [-0.4, -0.2) is 38.6 Å². The van der Waals surface area contributed by atoms with Crippen LogP contribution < -0.4 is 15.1 Å². The third-order valence-electron chi connectivity index (χ3n) is 4.85. The number of quaternary nitrogens is 1. The van der Waals surface area contributed by atoms with Crippen molar-refractivity contribution in [3.05, 3.63) is 59.7 Å². The summed E-state index contributed by atoms with van der Waals surface area (Å²) in [5.41, 5.74) is 3.78. The van der Waals surface area contributed by atoms with Gasteiger partial charge in [-0.3, -0.25) is 4.79 Å². The van der Waals surface area contributed by atoms with E-state index in [-0.39, 0.29) is 5.91 Å². The van der Waals surface area contributed by atoms with E-state index in [9.17, 15) is 4.79 Å². The summed E-state index contributed by atoms with van der Waals surface area (Å²) in [5, 5.41) is 2.98. The van der Waals surface area contributed by atoms with Crippen molar-refractivity contribution in [2.75, 3.05) is 42.9 Å². The normalized spacial score (nSPS) is 15.3. The van der Waals surface area contributed by atoms with E-state index in [1.165, 1.54) is 25.3 Å². The monoisotopic (exact) mass is 324 g/mol. The smallest absolute Gasteiger partial charge is 0.255 e. The van der Waals surface area contributed by atoms with Crippen molar-refractivity contribution in [2.45, 2.75) is 13.8 Å². The van der Waals surface area contributed by atoms with Crippen LogP contribution in [-0.2, 0) is 0 Å². The van der Waals surface area contributed by atoms with Crippen molar-refractivity contribution in [2.24, 2.45) is 0 Å². The number of hydrogen-bond acceptors (Lipinski definition) is 2. The molecule has 0 bridgehead atoms. The Labute approximate surface area is 144 Å². The molecule has 2 N–H and O–H groups in total. The summed E-state index contributed by atoms with van der Waals surface area (Å²) in [6.45, 7) is 9.99. The molecule has 1 fully saturated rings. The molecule has 24 heavy (non-hydrogen) atoms. The summed E-state index contributed by atoms with van der Waals surface area (Å²) in [7, 11) is 0. The molecule has 4 nitrogen and oxygen atoms in total. The molecule has 0 radical (unpaired) electrons. The van der Waals surface area contributed by atoms with Gasteiger partial charge in [-0.2, -0.15) is 0 Å². The van der Waals surface area contributed by atoms with Crippen LogP contribution in [0, 0.1) is 6.92 Å². The summed E-state index contributed by atoms with van der Waals surface area (Å²) in [4.78, 5) is 16.5. The Kier molecular flexibility index (Phi) is 5.16. The Hall–Kier alpha value is -2.33. The van der Waals surface area contributed by atoms with E-state index >= 15 is 0 Å². The van der Waals surface area contributed by atoms with Crippen LogP contribution >= 0.6 is 0 Å². The van der Waals surface area contributed by atoms with E-state index in [0.717, 1.165) is 29.9 Å². The fourth-order valence-electron chi connectivity index (χ4n) is 3.22. The summed E-state index contributed by atoms with van der Waals surface area (Å²) in [6, 6.07) is 15.8. The van der Waals surface area contributed by atoms with Crippen LogP contribution in [0.4, 0.5) is 11.4 Å². The second-order valence-corrected chi connectivity index (χ2v) is 6.41. The first-order valence-corrected chi connectivity index (χ1v) is 8.73. The molecule has 0 unspecified atom stereocenters. The molecule has 1 aliphatic heterocycles. The number of nitrogens with zero attached hydrogens (tertiary/aromatic N) is 1. The Bertz CT molecular complexity index is 688. The van der Waals surface area contributed by atoms with Gasteiger partial charge in [0, 0.05) is 16.9 Å². The Morgan fingerprint density at radius 2 is 1.75 bits per heavy atom. The minimum atomic E-state index is -0.0546. The Morgan fingerprint density at radius 1 is 1.08 bits per heavy atom. The zero-order valence-corrected chi connectivity index (χ0v) is 14.5. The summed E-state index contributed by atoms with van der Waals surface area (Å²) >= 11 is 0. The summed E-state index contributed by atoms with van der Waals surface area (Å²) in [6.07, 6.45) is 0. The van der Waals surface area contributed by atoms with E-state index in [1.54, 1.807) is 4.90 Å². The molecule has 1 aliphatic rings. The number of piperazine rings is 1. The van der Waals surface area contributed by atoms with Crippen molar-refractivity contribution in [1.82, 2.24) is 0 Å². The van der Waals surface area contributed by atoms with E-state index in [0.29, 0.717) is 0 Å². The van der Waals surface area contributed by atoms with Crippen LogP contribution in [0.15, 0.2) is 48.5 Å². The lowest BCUT2D eigenvalue weighted by molar-refractivity contribution is -0.898. The van der Waals surface area contributed by atoms with Gasteiger partial charge in [-0.25, -0.2) is 0 Å². The van der Waals surface area contributed by atoms with Gasteiger partial charge in [0.15, 0.2) is 0 Å². The van der Waals surface area contributed by atoms with Gasteiger partial charge in [-0.15, -0.1) is 0 Å². The highest BCUT2D eigenvalue weighted by atomic mass is 16.1. The number of amides is 1. The Morgan fingerprint density at radius 3 is 2.38 bits per heavy atom. The molecule has 0 atom stereocenters. The van der Waals surface area contributed by atoms with E-state index in [2.05, 4.69) is 29.3 Å². The maximum atomic E-state index is 12.4. The molecule has 126 valence electrons. The van der Waals surface area contributed by atoms with Crippen LogP contribution in [0.1, 0.15) is 22.8 Å². The van der Waals surface area contributed by atoms with Gasteiger partial charge < -0.3 is 15.1 Å². The second kappa shape index (κ2) is 7.49. The largest absolute Gasteiger partial charge is 0.360 e. The highest BCUT2D eigenvalue weighted by Gasteiger charge is 2.18. The predicted octanol–water partition coefficient (Wildman–Crippen LogP) is 1.97. The van der Waals surface area contributed by atoms with Gasteiger partial charge in [0.2, 0.25) is 0 Å². The minimum absolute atomic E-state index is 0.0546. The fourth-order valence-corrected chi connectivity index (χ4v) is 3.22. The number of anilines is 2. The van der Waals surface area contributed by atoms with E-state index in [4.69, 9.17) is 0 Å². The molecule has 1 heterocycles. The van der Waals surface area contributed by atoms with Gasteiger partial charge in [0.05, 0.1) is 32.7 Å². The third kappa shape index (κ3) is 3.77. The lowest BCUT2D eigenvalue weighted by atomic mass is 10.1. The van der Waals surface area contributed by atoms with Crippen molar-refractivity contribution in [3.63, 3.8) is 0 Å². The van der Waals surface area contributed by atoms with Gasteiger partial charge in [0.25, 0.3) is 5.91 Å². The number of aryl methyl sites for hydroxylation is 1. The topological polar surface area (TPSA) is 36.8 Å². The van der Waals surface area contributed by atoms with Crippen LogP contribution in [0.3, 0.4) is 0 Å². The molecule has 4 heteroatoms. The lowest BCUT2D eigenvalue weighted by Gasteiger charge is -2.33. The average molecular weight is 324 g/mol. The maximum Gasteiger partial charge on any atom is 0.255 e. The van der Waals surface area contributed by atoms with Crippen molar-refractivity contribution >= 4 is 17.3 Å². The van der Waals surface area contributed by atoms with E-state index < -0.39 is 0 Å². The molecule has 0 aromatic heterocycles. The van der Waals surface area contributed by atoms with Crippen LogP contribution in [0.2, 0.25) is 0 Å². The van der Waals surface area contributed by atoms with Crippen LogP contribution in [0.5, 0.6) is 0 Å². The van der Waals surface area contributed by atoms with Gasteiger partial charge in [-0.05, 0) is 49.7 Å². The highest BCUT2D eigenvalue weighted by molar-refractivity contribution is 6.05. The fraction of sp³-hybridized carbons (Fsp3) is 0.350. The quantitative estimate of drug-likeness (QED) is 0.902. The summed E-state index contributed by atoms with van der Waals surface area (Å²) in [5.74, 6) is -0.0546. The average Bonchev–Trinajstić information content (AvgIpc) is 2.63. The number of likely N-dealkylation sites (N-methyl/N-ethyl adjacent to an activating group) is 1. The minimum Gasteiger partial charge on any atom is -0.360 e. The first-order chi connectivity index (χ1) is 11.7. The number of rotatable bonds is 4. The zero-order chi connectivity index (χ0) is 16.9. The maximum absolute atomic E-state index is 12.4. The molecule has 0 aliphatic carbocycles. The molecule has 2 aromatic rings. The van der Waals surface area contributed by atoms with Crippen molar-refractivity contribution < 1.29 is 9.69 Å². The standard InChI is InChI=1S/C20H25N3O/c1-3-22-12-14-23(15-13-22)18-10-8-17(9-11-18)21-20(24)19-7-5-4-6-16(19)2/h4-11H,3,12-15H2,1-2H3,(H,21,24)/p+1.